The van der Waals surface area contributed by atoms with Crippen LogP contribution in [0.3, 0.4) is 0 Å². The number of anilines is 1. The van der Waals surface area contributed by atoms with Gasteiger partial charge in [-0.3, -0.25) is 10.1 Å². The molecule has 17 heavy (non-hydrogen) atoms. The van der Waals surface area contributed by atoms with Crippen molar-refractivity contribution in [2.45, 2.75) is 13.5 Å². The van der Waals surface area contributed by atoms with Gasteiger partial charge in [-0.1, -0.05) is 0 Å². The smallest absolute Gasteiger partial charge is 0.269 e. The molecule has 0 radical (unpaired) electrons. The Kier molecular flexibility index (Phi) is 3.09. The molecule has 0 aliphatic heterocycles. The van der Waals surface area contributed by atoms with E-state index in [9.17, 15) is 10.1 Å². The first-order valence-corrected chi connectivity index (χ1v) is 5.27. The normalized spacial score (nSPS) is 10.2. The standard InChI is InChI=1S/C12H13N3O2/c1-9-6-11(15(16)17)2-3-12(9)14-8-10-4-5-13-7-10/h2-7,13-14H,8H2,1H3. The van der Waals surface area contributed by atoms with Crippen LogP contribution in [0.4, 0.5) is 11.4 Å². The topological polar surface area (TPSA) is 71.0 Å². The van der Waals surface area contributed by atoms with Gasteiger partial charge in [-0.25, -0.2) is 0 Å². The number of aromatic amines is 1. The lowest BCUT2D eigenvalue weighted by Gasteiger charge is -2.08. The fourth-order valence-corrected chi connectivity index (χ4v) is 1.63. The van der Waals surface area contributed by atoms with Gasteiger partial charge in [0.15, 0.2) is 0 Å². The number of nitro benzene ring substituents is 1. The first kappa shape index (κ1) is 11.2. The summed E-state index contributed by atoms with van der Waals surface area (Å²) in [5, 5.41) is 13.8. The average Bonchev–Trinajstić information content (AvgIpc) is 2.80. The first-order valence-electron chi connectivity index (χ1n) is 5.27. The summed E-state index contributed by atoms with van der Waals surface area (Å²) in [6.07, 6.45) is 3.77. The van der Waals surface area contributed by atoms with Crippen LogP contribution in [0, 0.1) is 17.0 Å². The highest BCUT2D eigenvalue weighted by Crippen LogP contribution is 2.21. The molecular formula is C12H13N3O2. The van der Waals surface area contributed by atoms with Crippen LogP contribution in [0.15, 0.2) is 36.7 Å². The van der Waals surface area contributed by atoms with Crippen LogP contribution in [-0.2, 0) is 6.54 Å². The van der Waals surface area contributed by atoms with Gasteiger partial charge in [0.05, 0.1) is 4.92 Å². The Bertz CT molecular complexity index is 521. The molecule has 0 amide bonds. The number of nitrogens with one attached hydrogen (secondary N) is 2. The summed E-state index contributed by atoms with van der Waals surface area (Å²) in [5.41, 5.74) is 3.05. The second-order valence-corrected chi connectivity index (χ2v) is 3.83. The molecule has 1 heterocycles. The first-order chi connectivity index (χ1) is 8.16. The maximum absolute atomic E-state index is 10.6. The van der Waals surface area contributed by atoms with E-state index in [-0.39, 0.29) is 10.6 Å². The minimum atomic E-state index is -0.386. The molecule has 5 heteroatoms. The van der Waals surface area contributed by atoms with Gasteiger partial charge in [-0.05, 0) is 30.2 Å². The van der Waals surface area contributed by atoms with Crippen molar-refractivity contribution < 1.29 is 4.92 Å². The Hall–Kier alpha value is -2.30. The van der Waals surface area contributed by atoms with E-state index < -0.39 is 0 Å². The molecule has 2 rings (SSSR count). The molecule has 0 fully saturated rings. The molecule has 0 spiro atoms. The van der Waals surface area contributed by atoms with E-state index in [2.05, 4.69) is 10.3 Å². The largest absolute Gasteiger partial charge is 0.381 e. The second kappa shape index (κ2) is 4.69. The second-order valence-electron chi connectivity index (χ2n) is 3.83. The van der Waals surface area contributed by atoms with Crippen molar-refractivity contribution in [3.05, 3.63) is 57.9 Å². The van der Waals surface area contributed by atoms with Crippen molar-refractivity contribution in [2.75, 3.05) is 5.32 Å². The molecule has 0 aliphatic rings. The van der Waals surface area contributed by atoms with Crippen LogP contribution >= 0.6 is 0 Å². The van der Waals surface area contributed by atoms with Crippen LogP contribution < -0.4 is 5.32 Å². The van der Waals surface area contributed by atoms with Gasteiger partial charge in [0, 0.05) is 36.8 Å². The third-order valence-corrected chi connectivity index (χ3v) is 2.57. The van der Waals surface area contributed by atoms with Gasteiger partial charge in [0.1, 0.15) is 0 Å². The maximum atomic E-state index is 10.6. The van der Waals surface area contributed by atoms with Gasteiger partial charge < -0.3 is 10.3 Å². The highest BCUT2D eigenvalue weighted by atomic mass is 16.6. The SMILES string of the molecule is Cc1cc([N+](=O)[O-])ccc1NCc1cc[nH]c1. The predicted octanol–water partition coefficient (Wildman–Crippen LogP) is 2.84. The molecule has 0 saturated carbocycles. The molecule has 2 aromatic rings. The highest BCUT2D eigenvalue weighted by molar-refractivity contribution is 5.55. The van der Waals surface area contributed by atoms with Crippen molar-refractivity contribution in [3.63, 3.8) is 0 Å². The van der Waals surface area contributed by atoms with Crippen LogP contribution in [0.5, 0.6) is 0 Å². The van der Waals surface area contributed by atoms with Gasteiger partial charge in [0.25, 0.3) is 5.69 Å². The summed E-state index contributed by atoms with van der Waals surface area (Å²) in [5.74, 6) is 0. The zero-order valence-corrected chi connectivity index (χ0v) is 9.43. The number of nitro groups is 1. The lowest BCUT2D eigenvalue weighted by molar-refractivity contribution is -0.384. The quantitative estimate of drug-likeness (QED) is 0.627. The van der Waals surface area contributed by atoms with E-state index >= 15 is 0 Å². The molecular weight excluding hydrogens is 218 g/mol. The van der Waals surface area contributed by atoms with Crippen LogP contribution in [0.1, 0.15) is 11.1 Å². The molecule has 1 aromatic heterocycles. The molecule has 0 atom stereocenters. The van der Waals surface area contributed by atoms with Crippen molar-refractivity contribution in [1.82, 2.24) is 4.98 Å². The number of non-ortho nitro benzene ring substituents is 1. The molecule has 2 N–H and O–H groups in total. The number of H-pyrrole nitrogens is 1. The number of hydrogen-bond acceptors (Lipinski definition) is 3. The van der Waals surface area contributed by atoms with E-state index in [1.807, 2.05) is 25.4 Å². The Labute approximate surface area is 98.6 Å². The van der Waals surface area contributed by atoms with Gasteiger partial charge in [-0.15, -0.1) is 0 Å². The number of aromatic nitrogens is 1. The Balaban J connectivity index is 2.09. The van der Waals surface area contributed by atoms with E-state index in [0.717, 1.165) is 16.8 Å². The number of rotatable bonds is 4. The summed E-state index contributed by atoms with van der Waals surface area (Å²) in [7, 11) is 0. The van der Waals surface area contributed by atoms with Crippen molar-refractivity contribution in [1.29, 1.82) is 0 Å². The van der Waals surface area contributed by atoms with Gasteiger partial charge >= 0.3 is 0 Å². The summed E-state index contributed by atoms with van der Waals surface area (Å²) >= 11 is 0. The Morgan fingerprint density at radius 1 is 1.41 bits per heavy atom. The van der Waals surface area contributed by atoms with Crippen LogP contribution in [0.25, 0.3) is 0 Å². The zero-order valence-electron chi connectivity index (χ0n) is 9.43. The summed E-state index contributed by atoms with van der Waals surface area (Å²) in [4.78, 5) is 13.2. The Morgan fingerprint density at radius 2 is 2.24 bits per heavy atom. The predicted molar refractivity (Wildman–Crippen MR) is 66.0 cm³/mol. The van der Waals surface area contributed by atoms with Gasteiger partial charge in [-0.2, -0.15) is 0 Å². The van der Waals surface area contributed by atoms with E-state index in [1.165, 1.54) is 6.07 Å². The molecule has 5 nitrogen and oxygen atoms in total. The highest BCUT2D eigenvalue weighted by Gasteiger charge is 2.07. The molecule has 0 unspecified atom stereocenters. The fourth-order valence-electron chi connectivity index (χ4n) is 1.63. The minimum absolute atomic E-state index is 0.120. The van der Waals surface area contributed by atoms with E-state index in [1.54, 1.807) is 12.1 Å². The molecule has 88 valence electrons. The lowest BCUT2D eigenvalue weighted by atomic mass is 10.1. The van der Waals surface area contributed by atoms with E-state index in [0.29, 0.717) is 6.54 Å². The fraction of sp³-hybridized carbons (Fsp3) is 0.167. The van der Waals surface area contributed by atoms with Gasteiger partial charge in [0.2, 0.25) is 0 Å². The maximum Gasteiger partial charge on any atom is 0.269 e. The molecule has 1 aromatic carbocycles. The summed E-state index contributed by atoms with van der Waals surface area (Å²) in [6, 6.07) is 6.79. The monoisotopic (exact) mass is 231 g/mol. The summed E-state index contributed by atoms with van der Waals surface area (Å²) in [6.45, 7) is 2.55. The number of nitrogens with zero attached hydrogens (tertiary/aromatic N) is 1. The van der Waals surface area contributed by atoms with Crippen LogP contribution in [0.2, 0.25) is 0 Å². The third-order valence-electron chi connectivity index (χ3n) is 2.57. The van der Waals surface area contributed by atoms with Crippen LogP contribution in [-0.4, -0.2) is 9.91 Å². The average molecular weight is 231 g/mol. The van der Waals surface area contributed by atoms with E-state index in [4.69, 9.17) is 0 Å². The van der Waals surface area contributed by atoms with Crippen molar-refractivity contribution in [2.24, 2.45) is 0 Å². The van der Waals surface area contributed by atoms with Crippen molar-refractivity contribution in [3.8, 4) is 0 Å². The molecule has 0 bridgehead atoms. The molecule has 0 saturated heterocycles. The lowest BCUT2D eigenvalue weighted by Crippen LogP contribution is -2.00. The third kappa shape index (κ3) is 2.63. The number of aryl methyl sites for hydroxylation is 1. The number of benzene rings is 1. The minimum Gasteiger partial charge on any atom is -0.381 e. The number of hydrogen-bond donors (Lipinski definition) is 2. The van der Waals surface area contributed by atoms with Crippen molar-refractivity contribution >= 4 is 11.4 Å². The zero-order chi connectivity index (χ0) is 12.3. The Morgan fingerprint density at radius 3 is 2.82 bits per heavy atom. The molecule has 0 aliphatic carbocycles. The summed E-state index contributed by atoms with van der Waals surface area (Å²) < 4.78 is 0.